The van der Waals surface area contributed by atoms with Gasteiger partial charge in [0.2, 0.25) is 0 Å². The van der Waals surface area contributed by atoms with Crippen LogP contribution in [0.4, 0.5) is 17.3 Å². The minimum atomic E-state index is -0.399. The van der Waals surface area contributed by atoms with Gasteiger partial charge in [0.25, 0.3) is 5.91 Å². The fraction of sp³-hybridized carbons (Fsp3) is 0.176. The second kappa shape index (κ2) is 6.90. The number of carbonyl (C=O) groups is 1. The van der Waals surface area contributed by atoms with Crippen LogP contribution in [0.3, 0.4) is 0 Å². The average molecular weight is 358 g/mol. The number of nitrogens with zero attached hydrogens (tertiary/aromatic N) is 3. The van der Waals surface area contributed by atoms with Crippen molar-refractivity contribution in [2.45, 2.75) is 20.8 Å². The fourth-order valence-electron chi connectivity index (χ4n) is 2.17. The zero-order valence-electron chi connectivity index (χ0n) is 13.9. The molecule has 2 heterocycles. The zero-order chi connectivity index (χ0) is 18.0. The molecule has 0 spiro atoms. The number of nitrogens with one attached hydrogen (secondary N) is 2. The van der Waals surface area contributed by atoms with E-state index in [2.05, 4.69) is 25.8 Å². The van der Waals surface area contributed by atoms with Gasteiger partial charge in [-0.25, -0.2) is 9.97 Å². The molecule has 0 aliphatic rings. The molecule has 2 N–H and O–H groups in total. The van der Waals surface area contributed by atoms with Gasteiger partial charge in [-0.3, -0.25) is 4.79 Å². The van der Waals surface area contributed by atoms with Crippen LogP contribution in [0.25, 0.3) is 0 Å². The summed E-state index contributed by atoms with van der Waals surface area (Å²) in [5.74, 6) is 1.49. The van der Waals surface area contributed by atoms with Gasteiger partial charge in [-0.05, 0) is 38.5 Å². The van der Waals surface area contributed by atoms with Gasteiger partial charge in [0.1, 0.15) is 23.1 Å². The number of anilines is 3. The molecular weight excluding hydrogens is 342 g/mol. The van der Waals surface area contributed by atoms with E-state index in [9.17, 15) is 4.79 Å². The van der Waals surface area contributed by atoms with Crippen LogP contribution in [-0.2, 0) is 0 Å². The quantitative estimate of drug-likeness (QED) is 0.732. The molecule has 0 radical (unpaired) electrons. The Morgan fingerprint density at radius 2 is 1.88 bits per heavy atom. The smallest absolute Gasteiger partial charge is 0.275 e. The van der Waals surface area contributed by atoms with E-state index in [1.807, 2.05) is 19.1 Å². The van der Waals surface area contributed by atoms with Crippen molar-refractivity contribution in [2.75, 3.05) is 10.6 Å². The molecule has 0 aliphatic carbocycles. The van der Waals surface area contributed by atoms with Crippen molar-refractivity contribution in [3.8, 4) is 0 Å². The molecule has 2 aromatic heterocycles. The van der Waals surface area contributed by atoms with Crippen molar-refractivity contribution in [3.63, 3.8) is 0 Å². The van der Waals surface area contributed by atoms with Crippen LogP contribution < -0.4 is 10.6 Å². The van der Waals surface area contributed by atoms with Crippen molar-refractivity contribution < 1.29 is 9.32 Å². The number of aromatic nitrogens is 3. The molecule has 0 atom stereocenters. The Morgan fingerprint density at radius 1 is 1.08 bits per heavy atom. The first kappa shape index (κ1) is 16.9. The molecule has 8 heteroatoms. The summed E-state index contributed by atoms with van der Waals surface area (Å²) >= 11 is 6.13. The third-order valence-electron chi connectivity index (χ3n) is 3.38. The SMILES string of the molecule is Cc1nc(Nc2ccc(C)c(Cl)c2)cc(C(=O)Nc2cc(C)on2)n1. The largest absolute Gasteiger partial charge is 0.360 e. The third-order valence-corrected chi connectivity index (χ3v) is 3.79. The van der Waals surface area contributed by atoms with Crippen LogP contribution in [0.1, 0.15) is 27.6 Å². The van der Waals surface area contributed by atoms with Gasteiger partial charge >= 0.3 is 0 Å². The van der Waals surface area contributed by atoms with E-state index in [4.69, 9.17) is 16.1 Å². The van der Waals surface area contributed by atoms with E-state index in [-0.39, 0.29) is 5.69 Å². The molecule has 0 aliphatic heterocycles. The summed E-state index contributed by atoms with van der Waals surface area (Å²) in [6, 6.07) is 8.77. The fourth-order valence-corrected chi connectivity index (χ4v) is 2.35. The van der Waals surface area contributed by atoms with E-state index in [1.54, 1.807) is 32.0 Å². The maximum atomic E-state index is 12.3. The Bertz CT molecular complexity index is 939. The molecule has 0 unspecified atom stereocenters. The highest BCUT2D eigenvalue weighted by Crippen LogP contribution is 2.23. The van der Waals surface area contributed by atoms with Crippen molar-refractivity contribution in [2.24, 2.45) is 0 Å². The zero-order valence-corrected chi connectivity index (χ0v) is 14.7. The Morgan fingerprint density at radius 3 is 2.56 bits per heavy atom. The van der Waals surface area contributed by atoms with Gasteiger partial charge in [0, 0.05) is 22.8 Å². The minimum absolute atomic E-state index is 0.217. The number of carbonyl (C=O) groups excluding carboxylic acids is 1. The van der Waals surface area contributed by atoms with Crippen LogP contribution in [0.15, 0.2) is 34.9 Å². The topological polar surface area (TPSA) is 92.9 Å². The molecule has 1 aromatic carbocycles. The minimum Gasteiger partial charge on any atom is -0.360 e. The predicted octanol–water partition coefficient (Wildman–Crippen LogP) is 4.04. The second-order valence-electron chi connectivity index (χ2n) is 5.55. The summed E-state index contributed by atoms with van der Waals surface area (Å²) in [6.45, 7) is 5.38. The van der Waals surface area contributed by atoms with Gasteiger partial charge in [-0.1, -0.05) is 22.8 Å². The van der Waals surface area contributed by atoms with Crippen LogP contribution in [-0.4, -0.2) is 21.0 Å². The highest BCUT2D eigenvalue weighted by molar-refractivity contribution is 6.31. The van der Waals surface area contributed by atoms with Gasteiger partial charge in [-0.2, -0.15) is 0 Å². The first-order valence-corrected chi connectivity index (χ1v) is 7.92. The third kappa shape index (κ3) is 4.13. The first-order chi connectivity index (χ1) is 11.9. The Hall–Kier alpha value is -2.93. The lowest BCUT2D eigenvalue weighted by molar-refractivity contribution is 0.102. The molecule has 25 heavy (non-hydrogen) atoms. The summed E-state index contributed by atoms with van der Waals surface area (Å²) in [5.41, 5.74) is 1.97. The number of amides is 1. The molecule has 7 nitrogen and oxygen atoms in total. The summed E-state index contributed by atoms with van der Waals surface area (Å²) < 4.78 is 4.93. The molecule has 128 valence electrons. The van der Waals surface area contributed by atoms with Gasteiger partial charge < -0.3 is 15.2 Å². The Kier molecular flexibility index (Phi) is 4.67. The monoisotopic (exact) mass is 357 g/mol. The normalized spacial score (nSPS) is 10.6. The lowest BCUT2D eigenvalue weighted by Gasteiger charge is -2.09. The van der Waals surface area contributed by atoms with Crippen molar-refractivity contribution in [1.82, 2.24) is 15.1 Å². The van der Waals surface area contributed by atoms with Gasteiger partial charge in [-0.15, -0.1) is 0 Å². The molecule has 0 saturated heterocycles. The number of benzene rings is 1. The Balaban J connectivity index is 1.82. The first-order valence-electron chi connectivity index (χ1n) is 7.54. The van der Waals surface area contributed by atoms with Gasteiger partial charge in [0.15, 0.2) is 5.82 Å². The van der Waals surface area contributed by atoms with Crippen LogP contribution >= 0.6 is 11.6 Å². The van der Waals surface area contributed by atoms with E-state index in [1.165, 1.54) is 0 Å². The number of hydrogen-bond donors (Lipinski definition) is 2. The van der Waals surface area contributed by atoms with Gasteiger partial charge in [0.05, 0.1) is 0 Å². The van der Waals surface area contributed by atoms with Crippen molar-refractivity contribution in [1.29, 1.82) is 0 Å². The summed E-state index contributed by atoms with van der Waals surface area (Å²) in [7, 11) is 0. The summed E-state index contributed by atoms with van der Waals surface area (Å²) in [5, 5.41) is 10.1. The van der Waals surface area contributed by atoms with E-state index < -0.39 is 5.91 Å². The number of halogens is 1. The predicted molar refractivity (Wildman–Crippen MR) is 95.4 cm³/mol. The molecule has 3 aromatic rings. The van der Waals surface area contributed by atoms with Crippen molar-refractivity contribution >= 4 is 34.8 Å². The van der Waals surface area contributed by atoms with E-state index in [0.29, 0.717) is 28.2 Å². The second-order valence-corrected chi connectivity index (χ2v) is 5.96. The summed E-state index contributed by atoms with van der Waals surface area (Å²) in [4.78, 5) is 20.8. The lowest BCUT2D eigenvalue weighted by atomic mass is 10.2. The maximum Gasteiger partial charge on any atom is 0.275 e. The van der Waals surface area contributed by atoms with Crippen LogP contribution in [0.2, 0.25) is 5.02 Å². The lowest BCUT2D eigenvalue weighted by Crippen LogP contribution is -2.15. The molecule has 0 saturated carbocycles. The standard InChI is InChI=1S/C17H16ClN5O2/c1-9-4-5-12(7-13(9)18)21-15-8-14(19-11(3)20-15)17(24)22-16-6-10(2)25-23-16/h4-8H,1-3H3,(H,19,20,21)(H,22,23,24). The Labute approximate surface area is 149 Å². The van der Waals surface area contributed by atoms with Crippen LogP contribution in [0, 0.1) is 20.8 Å². The highest BCUT2D eigenvalue weighted by Gasteiger charge is 2.13. The maximum absolute atomic E-state index is 12.3. The summed E-state index contributed by atoms with van der Waals surface area (Å²) in [6.07, 6.45) is 0. The molecule has 0 fully saturated rings. The van der Waals surface area contributed by atoms with E-state index >= 15 is 0 Å². The number of hydrogen-bond acceptors (Lipinski definition) is 6. The average Bonchev–Trinajstić information content (AvgIpc) is 2.95. The number of rotatable bonds is 4. The molecule has 0 bridgehead atoms. The highest BCUT2D eigenvalue weighted by atomic mass is 35.5. The van der Waals surface area contributed by atoms with Crippen molar-refractivity contribution in [3.05, 3.63) is 58.2 Å². The molecular formula is C17H16ClN5O2. The molecule has 3 rings (SSSR count). The van der Waals surface area contributed by atoms with Crippen LogP contribution in [0.5, 0.6) is 0 Å². The van der Waals surface area contributed by atoms with E-state index in [0.717, 1.165) is 11.3 Å². The number of aryl methyl sites for hydroxylation is 3. The molecule has 1 amide bonds.